The molecule has 0 spiro atoms. The Bertz CT molecular complexity index is 551. The van der Waals surface area contributed by atoms with Crippen LogP contribution in [0.15, 0.2) is 23.2 Å². The number of rotatable bonds is 3. The molecule has 0 saturated carbocycles. The van der Waals surface area contributed by atoms with Gasteiger partial charge in [0.15, 0.2) is 0 Å². The number of aromatic nitrogens is 1. The van der Waals surface area contributed by atoms with E-state index >= 15 is 0 Å². The molecule has 1 saturated heterocycles. The van der Waals surface area contributed by atoms with Crippen LogP contribution in [0.2, 0.25) is 5.15 Å². The summed E-state index contributed by atoms with van der Waals surface area (Å²) < 4.78 is 31.6. The van der Waals surface area contributed by atoms with E-state index in [1.165, 1.54) is 22.6 Å². The molecule has 6 nitrogen and oxygen atoms in total. The Kier molecular flexibility index (Phi) is 4.42. The van der Waals surface area contributed by atoms with Gasteiger partial charge in [-0.05, 0) is 19.1 Å². The SMILES string of the molecule is CC1CN(S(=O)(=O)c2cccnc2Cl)CC(CO)O1. The van der Waals surface area contributed by atoms with Gasteiger partial charge in [-0.2, -0.15) is 4.31 Å². The molecule has 0 aliphatic carbocycles. The van der Waals surface area contributed by atoms with Gasteiger partial charge >= 0.3 is 0 Å². The third-order valence-corrected chi connectivity index (χ3v) is 5.12. The van der Waals surface area contributed by atoms with Gasteiger partial charge in [0.1, 0.15) is 10.0 Å². The maximum atomic E-state index is 12.5. The van der Waals surface area contributed by atoms with Crippen LogP contribution in [-0.2, 0) is 14.8 Å². The molecule has 1 aromatic rings. The number of aliphatic hydroxyl groups is 1. The Balaban J connectivity index is 2.32. The number of hydrogen-bond acceptors (Lipinski definition) is 5. The summed E-state index contributed by atoms with van der Waals surface area (Å²) in [6.07, 6.45) is 0.630. The van der Waals surface area contributed by atoms with Crippen LogP contribution in [0.3, 0.4) is 0 Å². The first-order valence-electron chi connectivity index (χ1n) is 5.82. The Morgan fingerprint density at radius 2 is 2.32 bits per heavy atom. The van der Waals surface area contributed by atoms with Gasteiger partial charge in [-0.25, -0.2) is 13.4 Å². The number of hydrogen-bond donors (Lipinski definition) is 1. The molecule has 1 aliphatic heterocycles. The number of morpholine rings is 1. The lowest BCUT2D eigenvalue weighted by Gasteiger charge is -2.35. The van der Waals surface area contributed by atoms with Crippen molar-refractivity contribution in [2.24, 2.45) is 0 Å². The van der Waals surface area contributed by atoms with Gasteiger partial charge in [-0.15, -0.1) is 0 Å². The first kappa shape index (κ1) is 14.7. The Labute approximate surface area is 117 Å². The number of aliphatic hydroxyl groups excluding tert-OH is 1. The van der Waals surface area contributed by atoms with Crippen LogP contribution in [0.25, 0.3) is 0 Å². The summed E-state index contributed by atoms with van der Waals surface area (Å²) in [5, 5.41) is 9.08. The molecule has 2 rings (SSSR count). The molecule has 19 heavy (non-hydrogen) atoms. The molecular formula is C11H15ClN2O4S. The first-order chi connectivity index (χ1) is 8.95. The molecule has 0 bridgehead atoms. The number of pyridine rings is 1. The zero-order valence-corrected chi connectivity index (χ0v) is 11.9. The van der Waals surface area contributed by atoms with Crippen molar-refractivity contribution in [3.63, 3.8) is 0 Å². The molecule has 1 aliphatic rings. The average Bonchev–Trinajstić information content (AvgIpc) is 2.38. The highest BCUT2D eigenvalue weighted by atomic mass is 35.5. The van der Waals surface area contributed by atoms with E-state index in [-0.39, 0.29) is 35.8 Å². The highest BCUT2D eigenvalue weighted by Gasteiger charge is 2.34. The lowest BCUT2D eigenvalue weighted by atomic mass is 10.2. The minimum absolute atomic E-state index is 0.0255. The number of nitrogens with zero attached hydrogens (tertiary/aromatic N) is 2. The van der Waals surface area contributed by atoms with Crippen molar-refractivity contribution in [2.75, 3.05) is 19.7 Å². The van der Waals surface area contributed by atoms with E-state index in [4.69, 9.17) is 21.4 Å². The van der Waals surface area contributed by atoms with E-state index in [1.54, 1.807) is 6.92 Å². The van der Waals surface area contributed by atoms with Gasteiger partial charge in [-0.1, -0.05) is 11.6 Å². The van der Waals surface area contributed by atoms with Crippen LogP contribution in [0.5, 0.6) is 0 Å². The second-order valence-electron chi connectivity index (χ2n) is 4.37. The maximum absolute atomic E-state index is 12.5. The third kappa shape index (κ3) is 3.06. The van der Waals surface area contributed by atoms with Crippen LogP contribution < -0.4 is 0 Å². The fraction of sp³-hybridized carbons (Fsp3) is 0.545. The molecule has 1 N–H and O–H groups in total. The summed E-state index contributed by atoms with van der Waals surface area (Å²) in [5.41, 5.74) is 0. The fourth-order valence-corrected chi connectivity index (χ4v) is 3.98. The van der Waals surface area contributed by atoms with Crippen LogP contribution in [-0.4, -0.2) is 54.7 Å². The van der Waals surface area contributed by atoms with E-state index in [0.717, 1.165) is 0 Å². The lowest BCUT2D eigenvalue weighted by Crippen LogP contribution is -2.50. The smallest absolute Gasteiger partial charge is 0.246 e. The molecule has 2 atom stereocenters. The third-order valence-electron chi connectivity index (χ3n) is 2.84. The minimum atomic E-state index is -3.72. The van der Waals surface area contributed by atoms with Gasteiger partial charge in [0, 0.05) is 19.3 Å². The predicted molar refractivity (Wildman–Crippen MR) is 69.4 cm³/mol. The van der Waals surface area contributed by atoms with Gasteiger partial charge < -0.3 is 9.84 Å². The Hall–Kier alpha value is -0.730. The zero-order valence-electron chi connectivity index (χ0n) is 10.4. The summed E-state index contributed by atoms with van der Waals surface area (Å²) in [7, 11) is -3.72. The summed E-state index contributed by atoms with van der Waals surface area (Å²) in [5.74, 6) is 0. The van der Waals surface area contributed by atoms with Crippen LogP contribution >= 0.6 is 11.6 Å². The van der Waals surface area contributed by atoms with E-state index in [1.807, 2.05) is 0 Å². The van der Waals surface area contributed by atoms with E-state index in [9.17, 15) is 8.42 Å². The fourth-order valence-electron chi connectivity index (χ4n) is 2.00. The molecule has 106 valence electrons. The van der Waals surface area contributed by atoms with Crippen LogP contribution in [0, 0.1) is 0 Å². The van der Waals surface area contributed by atoms with Gasteiger partial charge in [-0.3, -0.25) is 0 Å². The molecule has 1 aromatic heterocycles. The van der Waals surface area contributed by atoms with Crippen molar-refractivity contribution in [3.05, 3.63) is 23.5 Å². The molecule has 2 unspecified atom stereocenters. The molecule has 8 heteroatoms. The summed E-state index contributed by atoms with van der Waals surface area (Å²) in [6, 6.07) is 2.94. The summed E-state index contributed by atoms with van der Waals surface area (Å²) in [6.45, 7) is 1.87. The number of halogens is 1. The van der Waals surface area contributed by atoms with Crippen molar-refractivity contribution < 1.29 is 18.3 Å². The van der Waals surface area contributed by atoms with Crippen molar-refractivity contribution in [3.8, 4) is 0 Å². The number of sulfonamides is 1. The molecule has 0 radical (unpaired) electrons. The van der Waals surface area contributed by atoms with Crippen LogP contribution in [0.4, 0.5) is 0 Å². The largest absolute Gasteiger partial charge is 0.394 e. The van der Waals surface area contributed by atoms with Gasteiger partial charge in [0.05, 0.1) is 18.8 Å². The van der Waals surface area contributed by atoms with Crippen molar-refractivity contribution >= 4 is 21.6 Å². The molecule has 2 heterocycles. The first-order valence-corrected chi connectivity index (χ1v) is 7.64. The monoisotopic (exact) mass is 306 g/mol. The van der Waals surface area contributed by atoms with Crippen molar-refractivity contribution in [1.29, 1.82) is 0 Å². The molecule has 0 amide bonds. The van der Waals surface area contributed by atoms with E-state index in [0.29, 0.717) is 0 Å². The van der Waals surface area contributed by atoms with Gasteiger partial charge in [0.2, 0.25) is 10.0 Å². The molecule has 1 fully saturated rings. The quantitative estimate of drug-likeness (QED) is 0.823. The van der Waals surface area contributed by atoms with Gasteiger partial charge in [0.25, 0.3) is 0 Å². The zero-order chi connectivity index (χ0) is 14.0. The van der Waals surface area contributed by atoms with Crippen LogP contribution in [0.1, 0.15) is 6.92 Å². The Morgan fingerprint density at radius 3 is 2.95 bits per heavy atom. The molecule has 0 aromatic carbocycles. The van der Waals surface area contributed by atoms with Crippen molar-refractivity contribution in [2.45, 2.75) is 24.0 Å². The predicted octanol–water partition coefficient (Wildman–Crippen LogP) is 0.505. The number of ether oxygens (including phenoxy) is 1. The highest BCUT2D eigenvalue weighted by Crippen LogP contribution is 2.25. The highest BCUT2D eigenvalue weighted by molar-refractivity contribution is 7.89. The lowest BCUT2D eigenvalue weighted by molar-refractivity contribution is -0.0750. The second-order valence-corrected chi connectivity index (χ2v) is 6.63. The van der Waals surface area contributed by atoms with E-state index < -0.39 is 16.1 Å². The molecular weight excluding hydrogens is 292 g/mol. The summed E-state index contributed by atoms with van der Waals surface area (Å²) in [4.78, 5) is 3.75. The van der Waals surface area contributed by atoms with E-state index in [2.05, 4.69) is 4.98 Å². The normalized spacial score (nSPS) is 25.4. The maximum Gasteiger partial charge on any atom is 0.246 e. The topological polar surface area (TPSA) is 79.7 Å². The summed E-state index contributed by atoms with van der Waals surface area (Å²) >= 11 is 5.84. The second kappa shape index (κ2) is 5.72. The minimum Gasteiger partial charge on any atom is -0.394 e. The Morgan fingerprint density at radius 1 is 1.58 bits per heavy atom. The average molecular weight is 307 g/mol. The van der Waals surface area contributed by atoms with Crippen molar-refractivity contribution in [1.82, 2.24) is 9.29 Å². The standard InChI is InChI=1S/C11H15ClN2O4S/c1-8-5-14(6-9(7-15)18-8)19(16,17)10-3-2-4-13-11(10)12/h2-4,8-9,15H,5-7H2,1H3.